The Hall–Kier alpha value is -2.15. The summed E-state index contributed by atoms with van der Waals surface area (Å²) >= 11 is 0. The summed E-state index contributed by atoms with van der Waals surface area (Å²) in [7, 11) is 3.22. The quantitative estimate of drug-likeness (QED) is 0.728. The van der Waals surface area contributed by atoms with Gasteiger partial charge in [-0.15, -0.1) is 0 Å². The number of hydrogen-bond donors (Lipinski definition) is 3. The minimum Gasteiger partial charge on any atom is -0.393 e. The molecule has 2 rings (SSSR count). The van der Waals surface area contributed by atoms with E-state index in [9.17, 15) is 14.7 Å². The number of urea groups is 1. The highest BCUT2D eigenvalue weighted by molar-refractivity contribution is 5.84. The first-order valence-electron chi connectivity index (χ1n) is 7.31. The van der Waals surface area contributed by atoms with Crippen LogP contribution in [0.3, 0.4) is 0 Å². The molecule has 3 N–H and O–H groups in total. The van der Waals surface area contributed by atoms with E-state index in [1.54, 1.807) is 20.3 Å². The van der Waals surface area contributed by atoms with Crippen LogP contribution in [0.15, 0.2) is 24.4 Å². The molecule has 120 valence electrons. The lowest BCUT2D eigenvalue weighted by Crippen LogP contribution is -2.46. The number of nitrogens with one attached hydrogen (secondary N) is 2. The van der Waals surface area contributed by atoms with Gasteiger partial charge in [-0.25, -0.2) is 4.79 Å². The Morgan fingerprint density at radius 3 is 2.68 bits per heavy atom. The molecule has 0 saturated heterocycles. The highest BCUT2D eigenvalue weighted by Crippen LogP contribution is 2.37. The highest BCUT2D eigenvalue weighted by atomic mass is 16.3. The van der Waals surface area contributed by atoms with Crippen molar-refractivity contribution in [3.8, 4) is 0 Å². The first-order valence-corrected chi connectivity index (χ1v) is 7.31. The largest absolute Gasteiger partial charge is 0.393 e. The number of pyridine rings is 1. The molecule has 1 aromatic rings. The minimum absolute atomic E-state index is 0.0877. The maximum atomic E-state index is 12.0. The Bertz CT molecular complexity index is 515. The van der Waals surface area contributed by atoms with Crippen molar-refractivity contribution in [1.29, 1.82) is 0 Å². The third-order valence-electron chi connectivity index (χ3n) is 3.75. The van der Waals surface area contributed by atoms with Gasteiger partial charge < -0.3 is 20.6 Å². The van der Waals surface area contributed by atoms with Crippen LogP contribution < -0.4 is 10.6 Å². The SMILES string of the molecule is CN(C)C(=O)NCC(=O)NC(c1ccccn1)C1CC(O)C1. The van der Waals surface area contributed by atoms with Crippen LogP contribution in [0.5, 0.6) is 0 Å². The predicted molar refractivity (Wildman–Crippen MR) is 80.9 cm³/mol. The van der Waals surface area contributed by atoms with Crippen LogP contribution in [-0.2, 0) is 4.79 Å². The maximum absolute atomic E-state index is 12.0. The molecule has 7 nitrogen and oxygen atoms in total. The predicted octanol–water partition coefficient (Wildman–Crippen LogP) is 0.281. The fourth-order valence-corrected chi connectivity index (χ4v) is 2.43. The molecule has 0 spiro atoms. The summed E-state index contributed by atoms with van der Waals surface area (Å²) in [5, 5.41) is 14.9. The Morgan fingerprint density at radius 2 is 2.14 bits per heavy atom. The Labute approximate surface area is 129 Å². The van der Waals surface area contributed by atoms with Gasteiger partial charge in [-0.3, -0.25) is 9.78 Å². The normalized spacial score (nSPS) is 21.4. The molecule has 0 radical (unpaired) electrons. The molecule has 3 amide bonds. The van der Waals surface area contributed by atoms with Crippen molar-refractivity contribution in [3.63, 3.8) is 0 Å². The molecule has 1 unspecified atom stereocenters. The standard InChI is InChI=1S/C15H22N4O3/c1-19(2)15(22)17-9-13(21)18-14(10-7-11(20)8-10)12-5-3-4-6-16-12/h3-6,10-11,14,20H,7-9H2,1-2H3,(H,17,22)(H,18,21). The van der Waals surface area contributed by atoms with Crippen molar-refractivity contribution >= 4 is 11.9 Å². The van der Waals surface area contributed by atoms with Crippen molar-refractivity contribution in [2.45, 2.75) is 25.0 Å². The lowest BCUT2D eigenvalue weighted by atomic mass is 9.76. The van der Waals surface area contributed by atoms with Gasteiger partial charge in [0, 0.05) is 20.3 Å². The zero-order valence-corrected chi connectivity index (χ0v) is 12.8. The van der Waals surface area contributed by atoms with E-state index in [2.05, 4.69) is 15.6 Å². The van der Waals surface area contributed by atoms with Gasteiger partial charge in [-0.2, -0.15) is 0 Å². The summed E-state index contributed by atoms with van der Waals surface area (Å²) in [6.45, 7) is -0.0877. The van der Waals surface area contributed by atoms with Crippen molar-refractivity contribution in [3.05, 3.63) is 30.1 Å². The Kier molecular flexibility index (Phi) is 5.32. The monoisotopic (exact) mass is 306 g/mol. The fourth-order valence-electron chi connectivity index (χ4n) is 2.43. The average molecular weight is 306 g/mol. The second-order valence-corrected chi connectivity index (χ2v) is 5.74. The van der Waals surface area contributed by atoms with E-state index in [1.165, 1.54) is 4.90 Å². The zero-order chi connectivity index (χ0) is 16.1. The van der Waals surface area contributed by atoms with Crippen LogP contribution in [0.2, 0.25) is 0 Å². The maximum Gasteiger partial charge on any atom is 0.317 e. The number of amides is 3. The molecule has 22 heavy (non-hydrogen) atoms. The summed E-state index contributed by atoms with van der Waals surface area (Å²) in [4.78, 5) is 29.1. The average Bonchev–Trinajstić information content (AvgIpc) is 2.48. The van der Waals surface area contributed by atoms with Gasteiger partial charge in [0.15, 0.2) is 0 Å². The van der Waals surface area contributed by atoms with Gasteiger partial charge >= 0.3 is 6.03 Å². The summed E-state index contributed by atoms with van der Waals surface area (Å²) in [6.07, 6.45) is 2.66. The molecule has 1 saturated carbocycles. The molecule has 0 bridgehead atoms. The Morgan fingerprint density at radius 1 is 1.41 bits per heavy atom. The molecule has 1 heterocycles. The fraction of sp³-hybridized carbons (Fsp3) is 0.533. The number of aromatic nitrogens is 1. The lowest BCUT2D eigenvalue weighted by molar-refractivity contribution is -0.122. The summed E-state index contributed by atoms with van der Waals surface area (Å²) in [5.74, 6) is -0.106. The van der Waals surface area contributed by atoms with Gasteiger partial charge in [-0.1, -0.05) is 6.07 Å². The first kappa shape index (κ1) is 16.2. The highest BCUT2D eigenvalue weighted by Gasteiger charge is 2.36. The molecule has 1 atom stereocenters. The van der Waals surface area contributed by atoms with Crippen molar-refractivity contribution < 1.29 is 14.7 Å². The van der Waals surface area contributed by atoms with Crippen molar-refractivity contribution in [2.24, 2.45) is 5.92 Å². The lowest BCUT2D eigenvalue weighted by Gasteiger charge is -2.37. The van der Waals surface area contributed by atoms with E-state index in [4.69, 9.17) is 0 Å². The van der Waals surface area contributed by atoms with Crippen LogP contribution in [0.4, 0.5) is 4.79 Å². The molecular formula is C15H22N4O3. The van der Waals surface area contributed by atoms with Crippen LogP contribution in [-0.4, -0.2) is 53.7 Å². The van der Waals surface area contributed by atoms with Gasteiger partial charge in [0.25, 0.3) is 0 Å². The van der Waals surface area contributed by atoms with E-state index in [1.807, 2.05) is 18.2 Å². The van der Waals surface area contributed by atoms with Crippen molar-refractivity contribution in [2.75, 3.05) is 20.6 Å². The van der Waals surface area contributed by atoms with E-state index < -0.39 is 0 Å². The van der Waals surface area contributed by atoms with Gasteiger partial charge in [-0.05, 0) is 30.9 Å². The number of nitrogens with zero attached hydrogens (tertiary/aromatic N) is 2. The molecule has 1 aliphatic rings. The van der Waals surface area contributed by atoms with E-state index in [-0.39, 0.29) is 36.5 Å². The molecular weight excluding hydrogens is 284 g/mol. The molecule has 1 fully saturated rings. The van der Waals surface area contributed by atoms with E-state index >= 15 is 0 Å². The summed E-state index contributed by atoms with van der Waals surface area (Å²) in [5.41, 5.74) is 0.770. The van der Waals surface area contributed by atoms with E-state index in [0.717, 1.165) is 5.69 Å². The van der Waals surface area contributed by atoms with Gasteiger partial charge in [0.05, 0.1) is 24.4 Å². The molecule has 1 aromatic heterocycles. The number of carbonyl (C=O) groups is 2. The topological polar surface area (TPSA) is 94.6 Å². The second kappa shape index (κ2) is 7.22. The number of rotatable bonds is 5. The first-order chi connectivity index (χ1) is 10.5. The summed E-state index contributed by atoms with van der Waals surface area (Å²) in [6, 6.07) is 4.98. The number of aliphatic hydroxyl groups excluding tert-OH is 1. The van der Waals surface area contributed by atoms with E-state index in [0.29, 0.717) is 12.8 Å². The van der Waals surface area contributed by atoms with Crippen LogP contribution in [0.25, 0.3) is 0 Å². The van der Waals surface area contributed by atoms with Crippen LogP contribution >= 0.6 is 0 Å². The smallest absolute Gasteiger partial charge is 0.317 e. The Balaban J connectivity index is 1.95. The second-order valence-electron chi connectivity index (χ2n) is 5.74. The third kappa shape index (κ3) is 4.17. The molecule has 1 aliphatic carbocycles. The molecule has 7 heteroatoms. The van der Waals surface area contributed by atoms with Crippen LogP contribution in [0, 0.1) is 5.92 Å². The third-order valence-corrected chi connectivity index (χ3v) is 3.75. The van der Waals surface area contributed by atoms with Crippen molar-refractivity contribution in [1.82, 2.24) is 20.5 Å². The van der Waals surface area contributed by atoms with Crippen LogP contribution in [0.1, 0.15) is 24.6 Å². The van der Waals surface area contributed by atoms with Gasteiger partial charge in [0.1, 0.15) is 0 Å². The number of aliphatic hydroxyl groups is 1. The number of hydrogen-bond acceptors (Lipinski definition) is 4. The zero-order valence-electron chi connectivity index (χ0n) is 12.8. The molecule has 0 aromatic carbocycles. The molecule has 0 aliphatic heterocycles. The van der Waals surface area contributed by atoms with Gasteiger partial charge in [0.2, 0.25) is 5.91 Å². The number of carbonyl (C=O) groups excluding carboxylic acids is 2. The minimum atomic E-state index is -0.316. The summed E-state index contributed by atoms with van der Waals surface area (Å²) < 4.78 is 0.